The third-order valence-corrected chi connectivity index (χ3v) is 28.7. The van der Waals surface area contributed by atoms with Crippen molar-refractivity contribution >= 4 is 97.0 Å². The van der Waals surface area contributed by atoms with Crippen LogP contribution in [0.15, 0.2) is 377 Å². The third kappa shape index (κ3) is 14.4. The molecule has 26 rings (SSSR count). The molecule has 0 bridgehead atoms. The summed E-state index contributed by atoms with van der Waals surface area (Å²) < 4.78 is 6.57. The van der Waals surface area contributed by atoms with E-state index in [9.17, 15) is 0 Å². The summed E-state index contributed by atoms with van der Waals surface area (Å²) in [6.45, 7) is 23.1. The van der Waals surface area contributed by atoms with Crippen molar-refractivity contribution in [2.24, 2.45) is 5.92 Å². The van der Waals surface area contributed by atoms with E-state index in [1.165, 1.54) is 203 Å². The van der Waals surface area contributed by atoms with Crippen LogP contribution in [0.3, 0.4) is 0 Å². The molecule has 135 heavy (non-hydrogen) atoms. The minimum atomic E-state index is -0.232. The summed E-state index contributed by atoms with van der Waals surface area (Å²) in [4.78, 5) is 14.6. The van der Waals surface area contributed by atoms with Gasteiger partial charge in [0, 0.05) is 115 Å². The molecule has 0 N–H and O–H groups in total. The second kappa shape index (κ2) is 34.3. The molecule has 0 atom stereocenters. The predicted octanol–water partition coefficient (Wildman–Crippen LogP) is 32.5. The van der Waals surface area contributed by atoms with Crippen molar-refractivity contribution in [2.75, 3.05) is 0 Å². The molecule has 3 aromatic heterocycles. The number of aromatic nitrogens is 6. The molecular weight excluding hydrogens is 2170 g/mol. The smallest absolute Gasteiger partial charge is 0.0602 e. The van der Waals surface area contributed by atoms with Gasteiger partial charge in [-0.05, 0) is 237 Å². The molecule has 0 spiro atoms. The molecule has 0 unspecified atom stereocenters. The molecule has 0 saturated heterocycles. The maximum atomic E-state index is 4.95. The Bertz CT molecular complexity index is 8520. The number of nitrogens with zero attached hydrogens (tertiary/aromatic N) is 6. The zero-order valence-electron chi connectivity index (χ0n) is 76.8. The van der Waals surface area contributed by atoms with Crippen molar-refractivity contribution in [3.8, 4) is 107 Å². The Labute approximate surface area is 828 Å². The van der Waals surface area contributed by atoms with Crippen molar-refractivity contribution in [2.45, 2.75) is 91.9 Å². The van der Waals surface area contributed by atoms with Crippen LogP contribution in [-0.4, -0.2) is 28.7 Å². The number of rotatable bonds is 10. The molecule has 6 nitrogen and oxygen atoms in total. The van der Waals surface area contributed by atoms with E-state index >= 15 is 0 Å². The molecule has 9 heteroatoms. The summed E-state index contributed by atoms with van der Waals surface area (Å²) in [7, 11) is 0. The largest absolute Gasteiger partial charge is 0.340 e. The zero-order chi connectivity index (χ0) is 89.2. The van der Waals surface area contributed by atoms with Gasteiger partial charge in [0.15, 0.2) is 0 Å². The van der Waals surface area contributed by atoms with Crippen LogP contribution in [0.5, 0.6) is 0 Å². The van der Waals surface area contributed by atoms with Crippen molar-refractivity contribution in [3.05, 3.63) is 445 Å². The summed E-state index contributed by atoms with van der Waals surface area (Å²) in [6.07, 6.45) is 12.9. The van der Waals surface area contributed by atoms with Gasteiger partial charge in [0.05, 0.1) is 17.5 Å². The van der Waals surface area contributed by atoms with Gasteiger partial charge >= 0.3 is 0 Å². The Morgan fingerprint density at radius 1 is 0.267 bits per heavy atom. The Morgan fingerprint density at radius 3 is 0.852 bits per heavy atom. The summed E-state index contributed by atoms with van der Waals surface area (Å²) in [5.41, 5.74) is 30.2. The maximum Gasteiger partial charge on any atom is 0.0602 e. The first-order valence-electron chi connectivity index (χ1n) is 46.2. The Hall–Kier alpha value is -13.7. The Balaban J connectivity index is 0.000000121. The summed E-state index contributed by atoms with van der Waals surface area (Å²) >= 11 is 0. The number of benzene rings is 20. The molecule has 0 fully saturated rings. The second-order valence-corrected chi connectivity index (χ2v) is 38.4. The Morgan fingerprint density at radius 2 is 0.541 bits per heavy atom. The van der Waals surface area contributed by atoms with E-state index < -0.39 is 0 Å². The number of hydrogen-bond acceptors (Lipinski definition) is 3. The van der Waals surface area contributed by atoms with Crippen molar-refractivity contribution < 1.29 is 60.3 Å². The average Bonchev–Trinajstić information content (AvgIpc) is 1.57. The van der Waals surface area contributed by atoms with Crippen molar-refractivity contribution in [1.82, 2.24) is 28.7 Å². The molecule has 3 heterocycles. The fourth-order valence-corrected chi connectivity index (χ4v) is 22.9. The number of imidazole rings is 3. The van der Waals surface area contributed by atoms with E-state index in [4.69, 9.17) is 15.0 Å². The number of hydrogen-bond donors (Lipinski definition) is 0. The molecule has 0 saturated carbocycles. The van der Waals surface area contributed by atoms with Gasteiger partial charge in [0.25, 0.3) is 0 Å². The first kappa shape index (κ1) is 87.9. The van der Waals surface area contributed by atoms with Crippen LogP contribution in [0.4, 0.5) is 0 Å². The molecule has 3 radical (unpaired) electrons. The van der Waals surface area contributed by atoms with E-state index in [0.717, 1.165) is 57.6 Å². The number of aryl methyl sites for hydroxylation is 2. The minimum absolute atomic E-state index is 0. The van der Waals surface area contributed by atoms with Crippen LogP contribution in [0.25, 0.3) is 204 Å². The Kier molecular flexibility index (Phi) is 22.4. The van der Waals surface area contributed by atoms with Gasteiger partial charge in [0.2, 0.25) is 0 Å². The predicted molar refractivity (Wildman–Crippen MR) is 553 cm³/mol. The first-order chi connectivity index (χ1) is 64.4. The van der Waals surface area contributed by atoms with E-state index in [1.54, 1.807) is 0 Å². The molecule has 20 aromatic carbocycles. The quantitative estimate of drug-likeness (QED) is 0.101. The van der Waals surface area contributed by atoms with Gasteiger partial charge in [-0.1, -0.05) is 350 Å². The topological polar surface area (TPSA) is 53.5 Å². The van der Waals surface area contributed by atoms with Crippen LogP contribution in [0.2, 0.25) is 0 Å². The third-order valence-electron chi connectivity index (χ3n) is 28.7. The maximum absolute atomic E-state index is 4.95. The van der Waals surface area contributed by atoms with Gasteiger partial charge in [-0.25, -0.2) is 0 Å². The van der Waals surface area contributed by atoms with E-state index in [-0.39, 0.29) is 76.6 Å². The normalized spacial score (nSPS) is 13.2. The van der Waals surface area contributed by atoms with E-state index in [2.05, 4.69) is 459 Å². The standard InChI is InChI=1S/C48H33N2.C40H33N2.C38H29N2.3Ir/c1-48(2)44-30-33(21-22-40(44)43-24-23-42-39-19-10-9-17-37(39)38-18-11-12-20-41(38)45(42)46(43)48)47-49-25-26-50(47)36-28-34(31-13-5-3-6-14-31)27-35(29-36)32-15-7-4-8-16-32;1-25(2)23-26-13-16-28(17-14-26)42-22-21-41-39(42)27-15-18-32-35-20-19-34-31-11-6-5-9-29(31)30-10-7-8-12-33(30)37(34)38(35)40(3,4)36(32)24-27;1-23-19-24(2)21-26(20-23)40-18-17-39-37(40)25-13-14-30-33-16-15-32-29-11-6-5-9-27(29)28-10-7-8-12-31(28)35(32)36(33)38(3,4)34(30)22-25;;;/h3-20,22-30H,1-2H3;5-14,16-22,24-25H,23H2,1-4H3;5-12,14-22H,1-4H3;;;/q3*-1;;;. The van der Waals surface area contributed by atoms with Crippen LogP contribution in [0.1, 0.15) is 105 Å². The molecule has 659 valence electrons. The summed E-state index contributed by atoms with van der Waals surface area (Å²) in [5.74, 6) is 3.36. The van der Waals surface area contributed by atoms with Gasteiger partial charge in [-0.2, -0.15) is 0 Å². The van der Waals surface area contributed by atoms with E-state index in [1.807, 2.05) is 18.6 Å². The van der Waals surface area contributed by atoms with Gasteiger partial charge in [0.1, 0.15) is 0 Å². The fraction of sp³-hybridized carbons (Fsp3) is 0.119. The van der Waals surface area contributed by atoms with Crippen molar-refractivity contribution in [3.63, 3.8) is 0 Å². The molecule has 0 amide bonds. The SMILES string of the molecule is CC(C)Cc1ccc(-n2ccnc2-c2[c-]cc3c(c2)C(C)(C)c2c-3ccc3c4ccccc4c4ccccc4c23)cc1.CC1(C)c2cc(-c3nccn3-c3cc(-c4ccccc4)cc(-c4ccccc4)c3)[c-]cc2-c2ccc3c4ccccc4c4ccccc4c3c21.Cc1cc(C)cc(-n2ccnc2-c2[c-]cc3c(c2)C(C)(C)c2c-3ccc3c4ccccc4c4ccccc4c23)c1.[Ir].[Ir].[Ir]. The van der Waals surface area contributed by atoms with Gasteiger partial charge < -0.3 is 13.7 Å². The van der Waals surface area contributed by atoms with Crippen LogP contribution >= 0.6 is 0 Å². The van der Waals surface area contributed by atoms with Crippen LogP contribution < -0.4 is 0 Å². The second-order valence-electron chi connectivity index (χ2n) is 38.4. The molecule has 3 aliphatic carbocycles. The van der Waals surface area contributed by atoms with Crippen molar-refractivity contribution in [1.29, 1.82) is 0 Å². The van der Waals surface area contributed by atoms with Crippen LogP contribution in [-0.2, 0) is 83.0 Å². The van der Waals surface area contributed by atoms with Gasteiger partial charge in [-0.3, -0.25) is 15.0 Å². The zero-order valence-corrected chi connectivity index (χ0v) is 83.9. The fourth-order valence-electron chi connectivity index (χ4n) is 22.9. The molecular formula is C126H95Ir3N6-3. The average molecular weight is 2270 g/mol. The van der Waals surface area contributed by atoms with Gasteiger partial charge in [-0.15, -0.1) is 88.0 Å². The number of fused-ring (bicyclic) bond motifs is 30. The first-order valence-corrected chi connectivity index (χ1v) is 46.2. The summed E-state index contributed by atoms with van der Waals surface area (Å²) in [5, 5.41) is 23.8. The summed E-state index contributed by atoms with van der Waals surface area (Å²) in [6, 6.07) is 135. The molecule has 23 aromatic rings. The minimum Gasteiger partial charge on any atom is -0.340 e. The monoisotopic (exact) mass is 2270 g/mol. The van der Waals surface area contributed by atoms with E-state index in [0.29, 0.717) is 5.92 Å². The molecule has 3 aliphatic rings. The van der Waals surface area contributed by atoms with Crippen LogP contribution in [0, 0.1) is 38.0 Å². The molecule has 0 aliphatic heterocycles.